The maximum Gasteiger partial charge on any atom is 0.140 e. The van der Waals surface area contributed by atoms with Crippen LogP contribution >= 0.6 is 0 Å². The van der Waals surface area contributed by atoms with Gasteiger partial charge in [0.1, 0.15) is 5.82 Å². The SMILES string of the molecule is Cc1cc2nc(-c3c[nH]c4ccccc34)[nH]c2cc1C. The highest BCUT2D eigenvalue weighted by Gasteiger charge is 2.10. The highest BCUT2D eigenvalue weighted by atomic mass is 14.9. The van der Waals surface area contributed by atoms with E-state index in [0.29, 0.717) is 0 Å². The second-order valence-electron chi connectivity index (χ2n) is 5.29. The van der Waals surface area contributed by atoms with Crippen molar-refractivity contribution in [2.45, 2.75) is 13.8 Å². The number of H-pyrrole nitrogens is 2. The zero-order valence-corrected chi connectivity index (χ0v) is 11.5. The maximum absolute atomic E-state index is 4.73. The first-order valence-corrected chi connectivity index (χ1v) is 6.76. The Bertz CT molecular complexity index is 889. The van der Waals surface area contributed by atoms with Gasteiger partial charge in [0.05, 0.1) is 11.0 Å². The Labute approximate surface area is 116 Å². The molecule has 0 spiro atoms. The molecule has 0 unspecified atom stereocenters. The maximum atomic E-state index is 4.73. The van der Waals surface area contributed by atoms with E-state index in [-0.39, 0.29) is 0 Å². The van der Waals surface area contributed by atoms with Crippen LogP contribution in [0.5, 0.6) is 0 Å². The number of fused-ring (bicyclic) bond motifs is 2. The quantitative estimate of drug-likeness (QED) is 0.526. The Hall–Kier alpha value is -2.55. The van der Waals surface area contributed by atoms with Crippen molar-refractivity contribution < 1.29 is 0 Å². The number of para-hydroxylation sites is 1. The highest BCUT2D eigenvalue weighted by molar-refractivity contribution is 5.95. The Balaban J connectivity index is 1.98. The van der Waals surface area contributed by atoms with Gasteiger partial charge in [0.25, 0.3) is 0 Å². The molecule has 2 N–H and O–H groups in total. The van der Waals surface area contributed by atoms with Crippen LogP contribution in [0.25, 0.3) is 33.3 Å². The molecule has 2 aromatic carbocycles. The summed E-state index contributed by atoms with van der Waals surface area (Å²) in [6.07, 6.45) is 2.02. The van der Waals surface area contributed by atoms with Gasteiger partial charge in [0, 0.05) is 22.7 Å². The predicted molar refractivity (Wildman–Crippen MR) is 82.9 cm³/mol. The number of hydrogen-bond donors (Lipinski definition) is 2. The minimum atomic E-state index is 0.919. The molecule has 4 rings (SSSR count). The third-order valence-corrected chi connectivity index (χ3v) is 3.94. The van der Waals surface area contributed by atoms with Crippen LogP contribution in [-0.4, -0.2) is 15.0 Å². The number of nitrogens with one attached hydrogen (secondary N) is 2. The van der Waals surface area contributed by atoms with E-state index in [9.17, 15) is 0 Å². The van der Waals surface area contributed by atoms with Crippen molar-refractivity contribution in [1.82, 2.24) is 15.0 Å². The van der Waals surface area contributed by atoms with Gasteiger partial charge < -0.3 is 9.97 Å². The summed E-state index contributed by atoms with van der Waals surface area (Å²) in [4.78, 5) is 11.5. The number of aromatic amines is 2. The van der Waals surface area contributed by atoms with Gasteiger partial charge in [-0.15, -0.1) is 0 Å². The van der Waals surface area contributed by atoms with Crippen LogP contribution in [0.2, 0.25) is 0 Å². The molecule has 98 valence electrons. The molecule has 0 atom stereocenters. The van der Waals surface area contributed by atoms with E-state index in [1.54, 1.807) is 0 Å². The van der Waals surface area contributed by atoms with Crippen LogP contribution in [-0.2, 0) is 0 Å². The van der Waals surface area contributed by atoms with E-state index < -0.39 is 0 Å². The molecule has 0 fully saturated rings. The van der Waals surface area contributed by atoms with Gasteiger partial charge in [-0.2, -0.15) is 0 Å². The molecule has 3 nitrogen and oxygen atoms in total. The van der Waals surface area contributed by atoms with Crippen LogP contribution in [0.3, 0.4) is 0 Å². The number of aromatic nitrogens is 3. The first kappa shape index (κ1) is 11.3. The third kappa shape index (κ3) is 1.56. The number of aryl methyl sites for hydroxylation is 2. The van der Waals surface area contributed by atoms with Gasteiger partial charge in [0.15, 0.2) is 0 Å². The highest BCUT2D eigenvalue weighted by Crippen LogP contribution is 2.28. The standard InChI is InChI=1S/C17H15N3/c1-10-7-15-16(8-11(10)2)20-17(19-15)13-9-18-14-6-4-3-5-12(13)14/h3-9,18H,1-2H3,(H,19,20). The topological polar surface area (TPSA) is 44.5 Å². The Morgan fingerprint density at radius 3 is 2.65 bits per heavy atom. The normalized spacial score (nSPS) is 11.5. The lowest BCUT2D eigenvalue weighted by Gasteiger charge is -1.97. The minimum absolute atomic E-state index is 0.919. The van der Waals surface area contributed by atoms with Crippen molar-refractivity contribution in [2.75, 3.05) is 0 Å². The predicted octanol–water partition coefficient (Wildman–Crippen LogP) is 4.33. The van der Waals surface area contributed by atoms with E-state index in [0.717, 1.165) is 27.9 Å². The number of benzene rings is 2. The second kappa shape index (κ2) is 3.97. The smallest absolute Gasteiger partial charge is 0.140 e. The van der Waals surface area contributed by atoms with E-state index in [1.165, 1.54) is 16.5 Å². The van der Waals surface area contributed by atoms with Crippen molar-refractivity contribution >= 4 is 21.9 Å². The van der Waals surface area contributed by atoms with E-state index in [2.05, 4.69) is 54.1 Å². The molecule has 2 heterocycles. The van der Waals surface area contributed by atoms with E-state index >= 15 is 0 Å². The average Bonchev–Trinajstić information content (AvgIpc) is 3.02. The van der Waals surface area contributed by atoms with Crippen LogP contribution in [0.1, 0.15) is 11.1 Å². The summed E-state index contributed by atoms with van der Waals surface area (Å²) in [6.45, 7) is 4.25. The van der Waals surface area contributed by atoms with Gasteiger partial charge in [-0.3, -0.25) is 0 Å². The first-order chi connectivity index (χ1) is 9.72. The molecule has 4 aromatic rings. The Morgan fingerprint density at radius 1 is 0.950 bits per heavy atom. The fourth-order valence-corrected chi connectivity index (χ4v) is 2.66. The van der Waals surface area contributed by atoms with Crippen molar-refractivity contribution in [1.29, 1.82) is 0 Å². The van der Waals surface area contributed by atoms with Gasteiger partial charge in [-0.1, -0.05) is 18.2 Å². The molecule has 0 bridgehead atoms. The first-order valence-electron chi connectivity index (χ1n) is 6.76. The molecule has 0 aliphatic carbocycles. The zero-order chi connectivity index (χ0) is 13.7. The van der Waals surface area contributed by atoms with Crippen LogP contribution in [0, 0.1) is 13.8 Å². The molecule has 0 aliphatic rings. The summed E-state index contributed by atoms with van der Waals surface area (Å²) in [5, 5.41) is 1.19. The third-order valence-electron chi connectivity index (χ3n) is 3.94. The Morgan fingerprint density at radius 2 is 1.75 bits per heavy atom. The van der Waals surface area contributed by atoms with Crippen LogP contribution < -0.4 is 0 Å². The minimum Gasteiger partial charge on any atom is -0.360 e. The van der Waals surface area contributed by atoms with Crippen molar-refractivity contribution in [3.8, 4) is 11.4 Å². The zero-order valence-electron chi connectivity index (χ0n) is 11.5. The summed E-state index contributed by atoms with van der Waals surface area (Å²) < 4.78 is 0. The summed E-state index contributed by atoms with van der Waals surface area (Å²) in [5.74, 6) is 0.919. The van der Waals surface area contributed by atoms with Crippen LogP contribution in [0.4, 0.5) is 0 Å². The van der Waals surface area contributed by atoms with Crippen molar-refractivity contribution in [3.63, 3.8) is 0 Å². The lowest BCUT2D eigenvalue weighted by Crippen LogP contribution is -1.79. The summed E-state index contributed by atoms with van der Waals surface area (Å²) in [6, 6.07) is 12.6. The lowest BCUT2D eigenvalue weighted by molar-refractivity contribution is 1.34. The van der Waals surface area contributed by atoms with Crippen molar-refractivity contribution in [2.24, 2.45) is 0 Å². The molecule has 2 aromatic heterocycles. The number of rotatable bonds is 1. The lowest BCUT2D eigenvalue weighted by atomic mass is 10.1. The van der Waals surface area contributed by atoms with Crippen molar-refractivity contribution in [3.05, 3.63) is 53.7 Å². The number of hydrogen-bond acceptors (Lipinski definition) is 1. The molecule has 0 amide bonds. The number of imidazole rings is 1. The molecule has 0 saturated carbocycles. The van der Waals surface area contributed by atoms with Gasteiger partial charge in [0.2, 0.25) is 0 Å². The fraction of sp³-hybridized carbons (Fsp3) is 0.118. The number of nitrogens with zero attached hydrogens (tertiary/aromatic N) is 1. The van der Waals surface area contributed by atoms with E-state index in [4.69, 9.17) is 4.98 Å². The molecule has 0 aliphatic heterocycles. The summed E-state index contributed by atoms with van der Waals surface area (Å²) >= 11 is 0. The van der Waals surface area contributed by atoms with E-state index in [1.807, 2.05) is 12.3 Å². The largest absolute Gasteiger partial charge is 0.360 e. The molecular formula is C17H15N3. The molecule has 20 heavy (non-hydrogen) atoms. The van der Waals surface area contributed by atoms with Crippen LogP contribution in [0.15, 0.2) is 42.6 Å². The van der Waals surface area contributed by atoms with Gasteiger partial charge in [-0.25, -0.2) is 4.98 Å². The molecule has 0 saturated heterocycles. The molecule has 0 radical (unpaired) electrons. The fourth-order valence-electron chi connectivity index (χ4n) is 2.66. The molecular weight excluding hydrogens is 246 g/mol. The summed E-state index contributed by atoms with van der Waals surface area (Å²) in [7, 11) is 0. The molecule has 3 heteroatoms. The second-order valence-corrected chi connectivity index (χ2v) is 5.29. The monoisotopic (exact) mass is 261 g/mol. The average molecular weight is 261 g/mol. The Kier molecular flexibility index (Phi) is 2.24. The van der Waals surface area contributed by atoms with Gasteiger partial charge >= 0.3 is 0 Å². The van der Waals surface area contributed by atoms with Gasteiger partial charge in [-0.05, 0) is 43.2 Å². The summed E-state index contributed by atoms with van der Waals surface area (Å²) in [5.41, 5.74) is 6.92.